The summed E-state index contributed by atoms with van der Waals surface area (Å²) in [7, 11) is 0. The first-order valence-corrected chi connectivity index (χ1v) is 16.2. The molecule has 244 valence electrons. The molecule has 0 aliphatic rings. The number of fused-ring (bicyclic) bond motifs is 1. The van der Waals surface area contributed by atoms with Crippen molar-refractivity contribution in [2.75, 3.05) is 4.72 Å². The third-order valence-electron chi connectivity index (χ3n) is 7.90. The monoisotopic (exact) mass is 637 g/mol. The zero-order valence-corrected chi connectivity index (χ0v) is 29.3. The number of aliphatic carboxylic acids is 1. The molecular weight excluding hydrogens is 590 g/mol. The molecule has 45 heavy (non-hydrogen) atoms. The van der Waals surface area contributed by atoms with E-state index in [1.165, 1.54) is 6.92 Å². The number of hydrogen-bond donors (Lipinski definition) is 3. The predicted molar refractivity (Wildman–Crippen MR) is 179 cm³/mol. The topological polar surface area (TPSA) is 131 Å². The number of carboxylic acid groups (broad SMARTS) is 1. The van der Waals surface area contributed by atoms with Gasteiger partial charge in [-0.3, -0.25) is 9.82 Å². The highest BCUT2D eigenvalue weighted by Gasteiger charge is 2.29. The zero-order chi connectivity index (χ0) is 33.6. The minimum Gasteiger partial charge on any atom is -0.479 e. The third kappa shape index (κ3) is 7.52. The van der Waals surface area contributed by atoms with Crippen molar-refractivity contribution in [2.45, 2.75) is 106 Å². The molecule has 11 heteroatoms. The van der Waals surface area contributed by atoms with Crippen molar-refractivity contribution in [1.82, 2.24) is 19.8 Å². The Bertz CT molecular complexity index is 1760. The molecule has 0 radical (unpaired) electrons. The van der Waals surface area contributed by atoms with Crippen molar-refractivity contribution in [3.63, 3.8) is 0 Å². The average Bonchev–Trinajstić information content (AvgIpc) is 3.48. The highest BCUT2D eigenvalue weighted by molar-refractivity contribution is 7.82. The number of nitrogens with zero attached hydrogens (tertiary/aromatic N) is 3. The second-order valence-corrected chi connectivity index (χ2v) is 15.7. The lowest BCUT2D eigenvalue weighted by Crippen LogP contribution is -2.26. The maximum absolute atomic E-state index is 13.6. The van der Waals surface area contributed by atoms with Crippen LogP contribution in [0.5, 0.6) is 11.5 Å². The van der Waals surface area contributed by atoms with E-state index in [1.807, 2.05) is 43.5 Å². The standard InChI is InChI=1S/C34H47N5O5S/c1-19-15-20(2)29(21(3)28(19)30-36-35-27-17-26(33(8,9)10)37-39(27)30)38-45(42)44-25-16-23(34(11,12)18-32(5,6)7)13-14-24(25)43-22(4)31(40)41/h13-17,22,37-38H,18H2,1-12H3,(H,40,41). The fraction of sp³-hybridized carbons (Fsp3) is 0.500. The van der Waals surface area contributed by atoms with Crippen LogP contribution in [0.1, 0.15) is 96.7 Å². The van der Waals surface area contributed by atoms with Crippen LogP contribution in [0, 0.1) is 26.2 Å². The molecule has 0 fully saturated rings. The van der Waals surface area contributed by atoms with Crippen molar-refractivity contribution >= 4 is 28.6 Å². The summed E-state index contributed by atoms with van der Waals surface area (Å²) in [5.41, 5.74) is 6.64. The van der Waals surface area contributed by atoms with Crippen LogP contribution in [-0.2, 0) is 26.9 Å². The van der Waals surface area contributed by atoms with Crippen LogP contribution in [0.15, 0.2) is 30.3 Å². The Morgan fingerprint density at radius 2 is 1.67 bits per heavy atom. The van der Waals surface area contributed by atoms with E-state index in [4.69, 9.17) is 8.92 Å². The SMILES string of the molecule is Cc1cc(C)c(-c2nnc3cc(C(C)(C)C)[nH]n23)c(C)c1NS(=O)Oc1cc(C(C)(C)CC(C)(C)C)ccc1OC(C)C(=O)O. The number of aryl methyl sites for hydroxylation is 2. The van der Waals surface area contributed by atoms with Crippen LogP contribution >= 0.6 is 0 Å². The van der Waals surface area contributed by atoms with Crippen molar-refractivity contribution < 1.29 is 23.0 Å². The molecule has 10 nitrogen and oxygen atoms in total. The summed E-state index contributed by atoms with van der Waals surface area (Å²) in [5.74, 6) is -0.0793. The fourth-order valence-electron chi connectivity index (χ4n) is 5.96. The molecule has 2 unspecified atom stereocenters. The van der Waals surface area contributed by atoms with Gasteiger partial charge in [-0.15, -0.1) is 10.2 Å². The predicted octanol–water partition coefficient (Wildman–Crippen LogP) is 7.58. The molecule has 0 aliphatic heterocycles. The van der Waals surface area contributed by atoms with Gasteiger partial charge < -0.3 is 14.0 Å². The van der Waals surface area contributed by atoms with Gasteiger partial charge in [0.25, 0.3) is 0 Å². The highest BCUT2D eigenvalue weighted by Crippen LogP contribution is 2.41. The normalized spacial score (nSPS) is 14.0. The van der Waals surface area contributed by atoms with Gasteiger partial charge >= 0.3 is 17.2 Å². The Labute approximate surface area is 268 Å². The Kier molecular flexibility index (Phi) is 9.19. The number of carboxylic acids is 1. The van der Waals surface area contributed by atoms with E-state index in [2.05, 4.69) is 75.4 Å². The highest BCUT2D eigenvalue weighted by atomic mass is 32.2. The number of ether oxygens (including phenoxy) is 1. The average molecular weight is 638 g/mol. The van der Waals surface area contributed by atoms with Crippen molar-refractivity contribution in [1.29, 1.82) is 0 Å². The van der Waals surface area contributed by atoms with Crippen molar-refractivity contribution in [3.8, 4) is 22.9 Å². The van der Waals surface area contributed by atoms with Crippen LogP contribution in [0.25, 0.3) is 17.0 Å². The van der Waals surface area contributed by atoms with Gasteiger partial charge in [0.2, 0.25) is 0 Å². The second kappa shape index (κ2) is 12.2. The molecule has 0 saturated heterocycles. The Morgan fingerprint density at radius 3 is 2.27 bits per heavy atom. The molecule has 0 amide bonds. The van der Waals surface area contributed by atoms with Gasteiger partial charge in [-0.05, 0) is 79.3 Å². The summed E-state index contributed by atoms with van der Waals surface area (Å²) in [6.45, 7) is 24.6. The number of hydrogen-bond acceptors (Lipinski definition) is 6. The smallest absolute Gasteiger partial charge is 0.344 e. The number of nitrogens with one attached hydrogen (secondary N) is 2. The van der Waals surface area contributed by atoms with Gasteiger partial charge in [-0.2, -0.15) is 4.21 Å². The first kappa shape index (κ1) is 34.0. The van der Waals surface area contributed by atoms with Gasteiger partial charge in [0, 0.05) is 22.7 Å². The lowest BCUT2D eigenvalue weighted by Gasteiger charge is -2.33. The van der Waals surface area contributed by atoms with Crippen LogP contribution in [-0.4, -0.2) is 41.2 Å². The van der Waals surface area contributed by atoms with E-state index < -0.39 is 23.3 Å². The molecule has 0 saturated carbocycles. The number of H-pyrrole nitrogens is 1. The maximum Gasteiger partial charge on any atom is 0.344 e. The molecule has 3 N–H and O–H groups in total. The van der Waals surface area contributed by atoms with Gasteiger partial charge in [-0.25, -0.2) is 9.31 Å². The first-order chi connectivity index (χ1) is 20.7. The molecule has 4 aromatic rings. The second-order valence-electron chi connectivity index (χ2n) is 14.8. The van der Waals surface area contributed by atoms with Gasteiger partial charge in [0.15, 0.2) is 29.1 Å². The van der Waals surface area contributed by atoms with Crippen molar-refractivity contribution in [2.24, 2.45) is 5.41 Å². The number of carbonyl (C=O) groups is 1. The first-order valence-electron chi connectivity index (χ1n) is 15.1. The number of anilines is 1. The third-order valence-corrected chi connectivity index (χ3v) is 8.60. The molecule has 2 atom stereocenters. The quantitative estimate of drug-likeness (QED) is 0.163. The lowest BCUT2D eigenvalue weighted by molar-refractivity contribution is -0.144. The summed E-state index contributed by atoms with van der Waals surface area (Å²) in [6, 6.07) is 9.39. The zero-order valence-electron chi connectivity index (χ0n) is 28.5. The lowest BCUT2D eigenvalue weighted by atomic mass is 9.72. The minimum absolute atomic E-state index is 0.0600. The Hall–Kier alpha value is -3.86. The van der Waals surface area contributed by atoms with E-state index in [1.54, 1.807) is 12.1 Å². The number of rotatable bonds is 10. The minimum atomic E-state index is -2.06. The molecule has 0 aliphatic carbocycles. The number of benzene rings is 2. The van der Waals surface area contributed by atoms with Gasteiger partial charge in [-0.1, -0.05) is 67.5 Å². The Balaban J connectivity index is 1.71. The van der Waals surface area contributed by atoms with Gasteiger partial charge in [0.1, 0.15) is 0 Å². The number of aromatic nitrogens is 4. The molecule has 2 aromatic heterocycles. The van der Waals surface area contributed by atoms with Crippen molar-refractivity contribution in [3.05, 3.63) is 58.3 Å². The van der Waals surface area contributed by atoms with E-state index in [-0.39, 0.29) is 27.7 Å². The van der Waals surface area contributed by atoms with Crippen LogP contribution in [0.2, 0.25) is 0 Å². The largest absolute Gasteiger partial charge is 0.479 e. The summed E-state index contributed by atoms with van der Waals surface area (Å²) in [5, 5.41) is 21.8. The fourth-order valence-corrected chi connectivity index (χ4v) is 6.78. The van der Waals surface area contributed by atoms with E-state index >= 15 is 0 Å². The maximum atomic E-state index is 13.6. The summed E-state index contributed by atoms with van der Waals surface area (Å²) in [6.07, 6.45) is -0.247. The molecule has 2 heterocycles. The summed E-state index contributed by atoms with van der Waals surface area (Å²) in [4.78, 5) is 11.6. The van der Waals surface area contributed by atoms with Crippen LogP contribution in [0.3, 0.4) is 0 Å². The van der Waals surface area contributed by atoms with E-state index in [9.17, 15) is 14.1 Å². The van der Waals surface area contributed by atoms with E-state index in [0.29, 0.717) is 17.2 Å². The Morgan fingerprint density at radius 1 is 1.00 bits per heavy atom. The van der Waals surface area contributed by atoms with Gasteiger partial charge in [0.05, 0.1) is 5.69 Å². The summed E-state index contributed by atoms with van der Waals surface area (Å²) >= 11 is -2.06. The van der Waals surface area contributed by atoms with Crippen LogP contribution < -0.4 is 13.6 Å². The molecular formula is C34H47N5O5S. The molecule has 2 aromatic carbocycles. The number of aromatic amines is 1. The molecule has 4 rings (SSSR count). The summed E-state index contributed by atoms with van der Waals surface area (Å²) < 4.78 is 30.2. The molecule has 0 spiro atoms. The molecule has 0 bridgehead atoms. The van der Waals surface area contributed by atoms with E-state index in [0.717, 1.165) is 39.9 Å². The van der Waals surface area contributed by atoms with Crippen LogP contribution in [0.4, 0.5) is 5.69 Å².